The lowest BCUT2D eigenvalue weighted by Gasteiger charge is -2.35. The number of carbonyl (C=O) groups excluding carboxylic acids is 1. The van der Waals surface area contributed by atoms with Crippen molar-refractivity contribution in [2.24, 2.45) is 5.92 Å². The lowest BCUT2D eigenvalue weighted by molar-refractivity contribution is 0.0622. The maximum atomic E-state index is 13.1. The van der Waals surface area contributed by atoms with Crippen LogP contribution in [-0.2, 0) is 6.54 Å². The highest BCUT2D eigenvalue weighted by molar-refractivity contribution is 5.93. The minimum absolute atomic E-state index is 0.0292. The van der Waals surface area contributed by atoms with Gasteiger partial charge in [-0.15, -0.1) is 0 Å². The molecule has 3 heterocycles. The predicted molar refractivity (Wildman–Crippen MR) is 115 cm³/mol. The van der Waals surface area contributed by atoms with Gasteiger partial charge in [-0.25, -0.2) is 9.97 Å². The maximum absolute atomic E-state index is 13.1. The minimum atomic E-state index is 0.0292. The Kier molecular flexibility index (Phi) is 6.09. The molecule has 0 atom stereocenters. The first-order valence-electron chi connectivity index (χ1n) is 10.7. The van der Waals surface area contributed by atoms with Crippen LogP contribution < -0.4 is 4.90 Å². The molecule has 1 amide bonds. The number of piperidine rings is 1. The number of hydrogen-bond donors (Lipinski definition) is 0. The maximum Gasteiger partial charge on any atom is 0.272 e. The van der Waals surface area contributed by atoms with Crippen molar-refractivity contribution < 1.29 is 4.79 Å². The molecule has 2 saturated heterocycles. The van der Waals surface area contributed by atoms with Crippen molar-refractivity contribution in [3.05, 3.63) is 53.5 Å². The van der Waals surface area contributed by atoms with Gasteiger partial charge in [0.15, 0.2) is 0 Å². The molecule has 29 heavy (non-hydrogen) atoms. The standard InChI is InChI=1S/C23H31N5O/c1-18-8-10-27(11-9-18)22-16-21(24-19(2)25-22)23(29)28-14-12-26(13-15-28)17-20-6-4-3-5-7-20/h3-7,16,18H,8-15,17H2,1-2H3. The van der Waals surface area contributed by atoms with E-state index >= 15 is 0 Å². The number of hydrogen-bond acceptors (Lipinski definition) is 5. The minimum Gasteiger partial charge on any atom is -0.356 e. The van der Waals surface area contributed by atoms with E-state index in [1.165, 1.54) is 18.4 Å². The van der Waals surface area contributed by atoms with Gasteiger partial charge in [-0.2, -0.15) is 0 Å². The molecule has 154 valence electrons. The van der Waals surface area contributed by atoms with Gasteiger partial charge in [0.05, 0.1) is 0 Å². The SMILES string of the molecule is Cc1nc(C(=O)N2CCN(Cc3ccccc3)CC2)cc(N2CCC(C)CC2)n1. The van der Waals surface area contributed by atoms with Crippen molar-refractivity contribution in [2.75, 3.05) is 44.2 Å². The van der Waals surface area contributed by atoms with Crippen LogP contribution in [0.5, 0.6) is 0 Å². The average molecular weight is 394 g/mol. The number of aromatic nitrogens is 2. The van der Waals surface area contributed by atoms with E-state index in [0.717, 1.165) is 57.5 Å². The first-order valence-corrected chi connectivity index (χ1v) is 10.7. The smallest absolute Gasteiger partial charge is 0.272 e. The van der Waals surface area contributed by atoms with E-state index in [4.69, 9.17) is 0 Å². The Hall–Kier alpha value is -2.47. The first-order chi connectivity index (χ1) is 14.1. The van der Waals surface area contributed by atoms with Crippen molar-refractivity contribution in [3.63, 3.8) is 0 Å². The van der Waals surface area contributed by atoms with E-state index in [1.54, 1.807) is 0 Å². The van der Waals surface area contributed by atoms with E-state index in [-0.39, 0.29) is 5.91 Å². The second kappa shape index (κ2) is 8.91. The lowest BCUT2D eigenvalue weighted by Crippen LogP contribution is -2.48. The summed E-state index contributed by atoms with van der Waals surface area (Å²) in [7, 11) is 0. The summed E-state index contributed by atoms with van der Waals surface area (Å²) in [5.41, 5.74) is 1.85. The van der Waals surface area contributed by atoms with E-state index in [9.17, 15) is 4.79 Å². The topological polar surface area (TPSA) is 52.6 Å². The molecule has 0 unspecified atom stereocenters. The molecule has 1 aromatic heterocycles. The molecular weight excluding hydrogens is 362 g/mol. The van der Waals surface area contributed by atoms with Crippen molar-refractivity contribution in [1.82, 2.24) is 19.8 Å². The van der Waals surface area contributed by atoms with Crippen molar-refractivity contribution >= 4 is 11.7 Å². The highest BCUT2D eigenvalue weighted by Crippen LogP contribution is 2.22. The van der Waals surface area contributed by atoms with Gasteiger partial charge in [0.2, 0.25) is 0 Å². The van der Waals surface area contributed by atoms with E-state index in [0.29, 0.717) is 11.5 Å². The third-order valence-electron chi connectivity index (χ3n) is 6.06. The van der Waals surface area contributed by atoms with E-state index in [1.807, 2.05) is 24.0 Å². The number of rotatable bonds is 4. The average Bonchev–Trinajstić information content (AvgIpc) is 2.74. The van der Waals surface area contributed by atoms with Crippen LogP contribution in [-0.4, -0.2) is 64.9 Å². The zero-order valence-electron chi connectivity index (χ0n) is 17.5. The highest BCUT2D eigenvalue weighted by Gasteiger charge is 2.25. The van der Waals surface area contributed by atoms with Crippen LogP contribution in [0, 0.1) is 12.8 Å². The van der Waals surface area contributed by atoms with Gasteiger partial charge >= 0.3 is 0 Å². The zero-order chi connectivity index (χ0) is 20.2. The van der Waals surface area contributed by atoms with E-state index < -0.39 is 0 Å². The Morgan fingerprint density at radius 2 is 1.69 bits per heavy atom. The van der Waals surface area contributed by atoms with E-state index in [2.05, 4.69) is 51.0 Å². The van der Waals surface area contributed by atoms with Crippen LogP contribution in [0.15, 0.2) is 36.4 Å². The van der Waals surface area contributed by atoms with Gasteiger partial charge in [-0.3, -0.25) is 9.69 Å². The predicted octanol–water partition coefficient (Wildman–Crippen LogP) is 2.98. The molecule has 0 radical (unpaired) electrons. The van der Waals surface area contributed by atoms with Crippen LogP contribution in [0.2, 0.25) is 0 Å². The second-order valence-corrected chi connectivity index (χ2v) is 8.38. The van der Waals surface area contributed by atoms with Gasteiger partial charge in [-0.05, 0) is 31.2 Å². The first kappa shape index (κ1) is 19.8. The Bertz CT molecular complexity index is 824. The quantitative estimate of drug-likeness (QED) is 0.799. The summed E-state index contributed by atoms with van der Waals surface area (Å²) in [5, 5.41) is 0. The highest BCUT2D eigenvalue weighted by atomic mass is 16.2. The molecule has 2 aromatic rings. The number of benzene rings is 1. The molecule has 0 spiro atoms. The summed E-state index contributed by atoms with van der Waals surface area (Å²) in [6.07, 6.45) is 2.35. The zero-order valence-corrected chi connectivity index (χ0v) is 17.5. The number of carbonyl (C=O) groups is 1. The fraction of sp³-hybridized carbons (Fsp3) is 0.522. The molecule has 4 rings (SSSR count). The summed E-state index contributed by atoms with van der Waals surface area (Å²) in [5.74, 6) is 2.37. The molecule has 2 aliphatic rings. The molecule has 0 saturated carbocycles. The Balaban J connectivity index is 1.38. The fourth-order valence-corrected chi connectivity index (χ4v) is 4.17. The van der Waals surface area contributed by atoms with Gasteiger partial charge in [0, 0.05) is 51.9 Å². The van der Waals surface area contributed by atoms with Crippen molar-refractivity contribution in [2.45, 2.75) is 33.2 Å². The molecule has 0 N–H and O–H groups in total. The molecule has 2 aliphatic heterocycles. The number of piperazine rings is 1. The molecule has 0 bridgehead atoms. The molecular formula is C23H31N5O. The summed E-state index contributed by atoms with van der Waals surface area (Å²) in [6.45, 7) is 10.4. The van der Waals surface area contributed by atoms with Gasteiger partial charge < -0.3 is 9.80 Å². The Morgan fingerprint density at radius 3 is 2.38 bits per heavy atom. The summed E-state index contributed by atoms with van der Waals surface area (Å²) >= 11 is 0. The van der Waals surface area contributed by atoms with Crippen LogP contribution in [0.25, 0.3) is 0 Å². The summed E-state index contributed by atoms with van der Waals surface area (Å²) in [6, 6.07) is 12.4. The van der Waals surface area contributed by atoms with Gasteiger partial charge in [0.25, 0.3) is 5.91 Å². The molecule has 2 fully saturated rings. The summed E-state index contributed by atoms with van der Waals surface area (Å²) in [4.78, 5) is 28.8. The Morgan fingerprint density at radius 1 is 1.00 bits per heavy atom. The second-order valence-electron chi connectivity index (χ2n) is 8.38. The van der Waals surface area contributed by atoms with Crippen LogP contribution in [0.1, 0.15) is 41.6 Å². The largest absolute Gasteiger partial charge is 0.356 e. The fourth-order valence-electron chi connectivity index (χ4n) is 4.17. The van der Waals surface area contributed by atoms with Crippen molar-refractivity contribution in [3.8, 4) is 0 Å². The third-order valence-corrected chi connectivity index (χ3v) is 6.06. The molecule has 1 aromatic carbocycles. The summed E-state index contributed by atoms with van der Waals surface area (Å²) < 4.78 is 0. The third kappa shape index (κ3) is 4.93. The number of anilines is 1. The normalized spacial score (nSPS) is 18.8. The van der Waals surface area contributed by atoms with Gasteiger partial charge in [-0.1, -0.05) is 37.3 Å². The molecule has 6 heteroatoms. The van der Waals surface area contributed by atoms with Crippen molar-refractivity contribution in [1.29, 1.82) is 0 Å². The van der Waals surface area contributed by atoms with Crippen LogP contribution in [0.4, 0.5) is 5.82 Å². The monoisotopic (exact) mass is 393 g/mol. The Labute approximate surface area is 173 Å². The lowest BCUT2D eigenvalue weighted by atomic mass is 9.99. The number of nitrogens with zero attached hydrogens (tertiary/aromatic N) is 5. The number of amides is 1. The van der Waals surface area contributed by atoms with Crippen LogP contribution >= 0.6 is 0 Å². The molecule has 0 aliphatic carbocycles. The number of aryl methyl sites for hydroxylation is 1. The van der Waals surface area contributed by atoms with Gasteiger partial charge in [0.1, 0.15) is 17.3 Å². The van der Waals surface area contributed by atoms with Crippen LogP contribution in [0.3, 0.4) is 0 Å². The molecule has 6 nitrogen and oxygen atoms in total.